The van der Waals surface area contributed by atoms with Crippen LogP contribution in [-0.2, 0) is 16.0 Å². The van der Waals surface area contributed by atoms with Gasteiger partial charge in [-0.25, -0.2) is 9.59 Å². The summed E-state index contributed by atoms with van der Waals surface area (Å²) >= 11 is 0. The Bertz CT molecular complexity index is 610. The predicted molar refractivity (Wildman–Crippen MR) is 95.9 cm³/mol. The van der Waals surface area contributed by atoms with Gasteiger partial charge in [0, 0.05) is 6.42 Å². The van der Waals surface area contributed by atoms with Gasteiger partial charge in [0.15, 0.2) is 0 Å². The highest BCUT2D eigenvalue weighted by Gasteiger charge is 2.36. The lowest BCUT2D eigenvalue weighted by Gasteiger charge is -2.28. The number of nitrogens with one attached hydrogen (secondary N) is 1. The van der Waals surface area contributed by atoms with E-state index in [4.69, 9.17) is 9.47 Å². The van der Waals surface area contributed by atoms with Crippen molar-refractivity contribution in [3.05, 3.63) is 29.8 Å². The van der Waals surface area contributed by atoms with E-state index in [0.717, 1.165) is 5.56 Å². The van der Waals surface area contributed by atoms with Crippen LogP contribution in [0.3, 0.4) is 0 Å². The molecule has 6 nitrogen and oxygen atoms in total. The average Bonchev–Trinajstić information content (AvgIpc) is 2.36. The highest BCUT2D eigenvalue weighted by Crippen LogP contribution is 2.21. The zero-order valence-electron chi connectivity index (χ0n) is 16.1. The molecule has 1 rings (SSSR count). The number of hydrogen-bond acceptors (Lipinski definition) is 4. The molecule has 2 N–H and O–H groups in total. The van der Waals surface area contributed by atoms with E-state index in [2.05, 4.69) is 5.32 Å². The van der Waals surface area contributed by atoms with Crippen LogP contribution >= 0.6 is 0 Å². The van der Waals surface area contributed by atoms with Crippen LogP contribution in [-0.4, -0.2) is 33.9 Å². The molecule has 0 saturated carbocycles. The van der Waals surface area contributed by atoms with Gasteiger partial charge in [-0.3, -0.25) is 0 Å². The third-order valence-corrected chi connectivity index (χ3v) is 3.15. The molecule has 0 radical (unpaired) electrons. The monoisotopic (exact) mass is 351 g/mol. The van der Waals surface area contributed by atoms with Gasteiger partial charge in [0.25, 0.3) is 0 Å². The largest absolute Gasteiger partial charge is 0.488 e. The number of carboxylic acid groups (broad SMARTS) is 1. The molecule has 0 fully saturated rings. The van der Waals surface area contributed by atoms with Crippen LogP contribution in [0.25, 0.3) is 0 Å². The van der Waals surface area contributed by atoms with Crippen molar-refractivity contribution in [2.45, 2.75) is 71.6 Å². The van der Waals surface area contributed by atoms with Gasteiger partial charge in [-0.15, -0.1) is 0 Å². The SMILES string of the molecule is CC(C)(C)OC(=O)N[C@@](C)(Cc1ccc(OC(C)(C)C)cc1)C(=O)O. The first-order valence-electron chi connectivity index (χ1n) is 8.23. The maximum Gasteiger partial charge on any atom is 0.408 e. The maximum atomic E-state index is 12.0. The maximum absolute atomic E-state index is 12.0. The lowest BCUT2D eigenvalue weighted by atomic mass is 9.93. The molecule has 0 aliphatic carbocycles. The summed E-state index contributed by atoms with van der Waals surface area (Å²) in [5, 5.41) is 12.0. The number of rotatable bonds is 5. The van der Waals surface area contributed by atoms with Gasteiger partial charge < -0.3 is 19.9 Å². The third kappa shape index (κ3) is 7.45. The van der Waals surface area contributed by atoms with Crippen molar-refractivity contribution in [1.29, 1.82) is 0 Å². The summed E-state index contributed by atoms with van der Waals surface area (Å²) in [5.74, 6) is -0.429. The van der Waals surface area contributed by atoms with E-state index < -0.39 is 23.2 Å². The normalized spacial score (nSPS) is 14.4. The Hall–Kier alpha value is -2.24. The molecule has 0 heterocycles. The van der Waals surface area contributed by atoms with Gasteiger partial charge in [0.1, 0.15) is 22.5 Å². The molecule has 0 saturated heterocycles. The summed E-state index contributed by atoms with van der Waals surface area (Å²) in [7, 11) is 0. The van der Waals surface area contributed by atoms with Gasteiger partial charge in [0.05, 0.1) is 0 Å². The predicted octanol–water partition coefficient (Wildman–Crippen LogP) is 3.77. The Labute approximate surface area is 149 Å². The van der Waals surface area contributed by atoms with Crippen LogP contribution in [0, 0.1) is 0 Å². The summed E-state index contributed by atoms with van der Waals surface area (Å²) in [4.78, 5) is 23.6. The number of carbonyl (C=O) groups excluding carboxylic acids is 1. The minimum absolute atomic E-state index is 0.122. The first-order valence-corrected chi connectivity index (χ1v) is 8.23. The molecule has 1 atom stereocenters. The molecule has 25 heavy (non-hydrogen) atoms. The summed E-state index contributed by atoms with van der Waals surface area (Å²) in [6.07, 6.45) is -0.637. The van der Waals surface area contributed by atoms with E-state index in [1.54, 1.807) is 45.0 Å². The first kappa shape index (κ1) is 20.8. The Kier molecular flexibility index (Phi) is 6.10. The van der Waals surface area contributed by atoms with Gasteiger partial charge in [0.2, 0.25) is 0 Å². The molecule has 0 bridgehead atoms. The average molecular weight is 351 g/mol. The number of aliphatic carboxylic acids is 1. The van der Waals surface area contributed by atoms with Crippen molar-refractivity contribution in [1.82, 2.24) is 5.32 Å². The molecule has 0 aliphatic rings. The fraction of sp³-hybridized carbons (Fsp3) is 0.579. The third-order valence-electron chi connectivity index (χ3n) is 3.15. The zero-order valence-corrected chi connectivity index (χ0v) is 16.1. The smallest absolute Gasteiger partial charge is 0.408 e. The van der Waals surface area contributed by atoms with Crippen LogP contribution in [0.2, 0.25) is 0 Å². The second-order valence-electron chi connectivity index (χ2n) is 8.30. The molecular formula is C19H29NO5. The number of carbonyl (C=O) groups is 2. The van der Waals surface area contributed by atoms with Crippen molar-refractivity contribution >= 4 is 12.1 Å². The first-order chi connectivity index (χ1) is 11.2. The van der Waals surface area contributed by atoms with Gasteiger partial charge >= 0.3 is 12.1 Å². The molecule has 6 heteroatoms. The van der Waals surface area contributed by atoms with E-state index in [9.17, 15) is 14.7 Å². The van der Waals surface area contributed by atoms with Crippen molar-refractivity contribution in [2.24, 2.45) is 0 Å². The summed E-state index contributed by atoms with van der Waals surface area (Å²) in [6.45, 7) is 12.5. The van der Waals surface area contributed by atoms with E-state index in [1.165, 1.54) is 6.92 Å². The van der Waals surface area contributed by atoms with Crippen LogP contribution in [0.1, 0.15) is 54.0 Å². The lowest BCUT2D eigenvalue weighted by Crippen LogP contribution is -2.54. The summed E-state index contributed by atoms with van der Waals surface area (Å²) in [6, 6.07) is 7.16. The van der Waals surface area contributed by atoms with Crippen LogP contribution < -0.4 is 10.1 Å². The molecule has 0 spiro atoms. The van der Waals surface area contributed by atoms with Crippen LogP contribution in [0.4, 0.5) is 4.79 Å². The number of hydrogen-bond donors (Lipinski definition) is 2. The standard InChI is InChI=1S/C19H29NO5/c1-17(2,3)24-14-10-8-13(9-11-14)12-19(7,15(21)22)20-16(23)25-18(4,5)6/h8-11H,12H2,1-7H3,(H,20,23)(H,21,22)/t19-/m0/s1. The fourth-order valence-electron chi connectivity index (χ4n) is 2.14. The second-order valence-corrected chi connectivity index (χ2v) is 8.30. The number of ether oxygens (including phenoxy) is 2. The van der Waals surface area contributed by atoms with Crippen molar-refractivity contribution in [3.63, 3.8) is 0 Å². The van der Waals surface area contributed by atoms with E-state index >= 15 is 0 Å². The Morgan fingerprint density at radius 3 is 1.88 bits per heavy atom. The highest BCUT2D eigenvalue weighted by atomic mass is 16.6. The number of amides is 1. The molecule has 0 aliphatic heterocycles. The Morgan fingerprint density at radius 1 is 0.960 bits per heavy atom. The van der Waals surface area contributed by atoms with Crippen LogP contribution in [0.5, 0.6) is 5.75 Å². The van der Waals surface area contributed by atoms with E-state index in [-0.39, 0.29) is 12.0 Å². The number of alkyl carbamates (subject to hydrolysis) is 1. The fourth-order valence-corrected chi connectivity index (χ4v) is 2.14. The number of benzene rings is 1. The molecule has 0 aromatic heterocycles. The minimum atomic E-state index is -1.48. The molecule has 1 aromatic rings. The molecule has 1 amide bonds. The van der Waals surface area contributed by atoms with Gasteiger partial charge in [-0.1, -0.05) is 12.1 Å². The number of carboxylic acids is 1. The van der Waals surface area contributed by atoms with Crippen molar-refractivity contribution in [2.75, 3.05) is 0 Å². The topological polar surface area (TPSA) is 84.9 Å². The zero-order chi connectivity index (χ0) is 19.5. The Morgan fingerprint density at radius 2 is 1.48 bits per heavy atom. The second kappa shape index (κ2) is 7.33. The Balaban J connectivity index is 2.87. The quantitative estimate of drug-likeness (QED) is 0.843. The van der Waals surface area contributed by atoms with E-state index in [1.807, 2.05) is 20.8 Å². The molecule has 140 valence electrons. The molecule has 0 unspecified atom stereocenters. The highest BCUT2D eigenvalue weighted by molar-refractivity contribution is 5.84. The summed E-state index contributed by atoms with van der Waals surface area (Å²) < 4.78 is 10.9. The van der Waals surface area contributed by atoms with E-state index in [0.29, 0.717) is 5.75 Å². The molecule has 1 aromatic carbocycles. The van der Waals surface area contributed by atoms with Crippen molar-refractivity contribution in [3.8, 4) is 5.75 Å². The van der Waals surface area contributed by atoms with Gasteiger partial charge in [-0.2, -0.15) is 0 Å². The molecular weight excluding hydrogens is 322 g/mol. The van der Waals surface area contributed by atoms with Crippen molar-refractivity contribution < 1.29 is 24.2 Å². The summed E-state index contributed by atoms with van der Waals surface area (Å²) in [5.41, 5.74) is -1.72. The minimum Gasteiger partial charge on any atom is -0.488 e. The lowest BCUT2D eigenvalue weighted by molar-refractivity contribution is -0.144. The van der Waals surface area contributed by atoms with Gasteiger partial charge in [-0.05, 0) is 66.2 Å². The van der Waals surface area contributed by atoms with Crippen LogP contribution in [0.15, 0.2) is 24.3 Å².